The van der Waals surface area contributed by atoms with Gasteiger partial charge in [0.25, 0.3) is 0 Å². The molecule has 0 spiro atoms. The van der Waals surface area contributed by atoms with Crippen LogP contribution >= 0.6 is 0 Å². The first-order chi connectivity index (χ1) is 15.3. The molecule has 7 atom stereocenters. The van der Waals surface area contributed by atoms with E-state index in [1.54, 1.807) is 0 Å². The second-order valence-corrected chi connectivity index (χ2v) is 11.9. The van der Waals surface area contributed by atoms with E-state index in [-0.39, 0.29) is 22.7 Å². The van der Waals surface area contributed by atoms with Gasteiger partial charge in [-0.25, -0.2) is 0 Å². The van der Waals surface area contributed by atoms with Gasteiger partial charge in [0.05, 0.1) is 0 Å². The van der Waals surface area contributed by atoms with Crippen LogP contribution in [0.2, 0.25) is 0 Å². The third-order valence-electron chi connectivity index (χ3n) is 10.3. The molecular formula is C28H46N2O2. The van der Waals surface area contributed by atoms with Gasteiger partial charge in [0.15, 0.2) is 0 Å². The van der Waals surface area contributed by atoms with Gasteiger partial charge in [-0.1, -0.05) is 59.0 Å². The van der Waals surface area contributed by atoms with Gasteiger partial charge in [0.1, 0.15) is 0 Å². The van der Waals surface area contributed by atoms with Crippen LogP contribution in [0.1, 0.15) is 97.8 Å². The molecule has 32 heavy (non-hydrogen) atoms. The van der Waals surface area contributed by atoms with E-state index in [0.717, 1.165) is 32.2 Å². The van der Waals surface area contributed by atoms with Gasteiger partial charge >= 0.3 is 0 Å². The molecule has 4 heteroatoms. The topological polar surface area (TPSA) is 49.4 Å². The quantitative estimate of drug-likeness (QED) is 0.489. The Morgan fingerprint density at radius 1 is 1.03 bits per heavy atom. The summed E-state index contributed by atoms with van der Waals surface area (Å²) in [6.07, 6.45) is 18.6. The fourth-order valence-corrected chi connectivity index (χ4v) is 8.41. The highest BCUT2D eigenvalue weighted by Crippen LogP contribution is 2.65. The van der Waals surface area contributed by atoms with Crippen LogP contribution in [-0.4, -0.2) is 36.3 Å². The van der Waals surface area contributed by atoms with Crippen molar-refractivity contribution in [3.63, 3.8) is 0 Å². The molecule has 3 saturated carbocycles. The minimum atomic E-state index is 0.0883. The number of nitrogens with zero attached hydrogens (tertiary/aromatic N) is 1. The van der Waals surface area contributed by atoms with Crippen LogP contribution < -0.4 is 5.32 Å². The Labute approximate surface area is 196 Å². The molecule has 4 rings (SSSR count). The summed E-state index contributed by atoms with van der Waals surface area (Å²) < 4.78 is 0. The molecule has 2 amide bonds. The van der Waals surface area contributed by atoms with Crippen molar-refractivity contribution >= 4 is 11.8 Å². The SMILES string of the molecule is CCCCCCCCNC(=O)C1CC[C@H]2[C@@H]3CCC4N(C)C(=O)C=C[C@]4(C)[C@@H]3CC[C@]12C. The maximum Gasteiger partial charge on any atom is 0.246 e. The summed E-state index contributed by atoms with van der Waals surface area (Å²) in [5.41, 5.74) is 0.237. The summed E-state index contributed by atoms with van der Waals surface area (Å²) >= 11 is 0. The highest BCUT2D eigenvalue weighted by Gasteiger charge is 2.61. The summed E-state index contributed by atoms with van der Waals surface area (Å²) in [6.45, 7) is 7.92. The number of carbonyl (C=O) groups excluding carboxylic acids is 2. The number of unbranched alkanes of at least 4 members (excludes halogenated alkanes) is 5. The van der Waals surface area contributed by atoms with Crippen molar-refractivity contribution in [3.05, 3.63) is 12.2 Å². The van der Waals surface area contributed by atoms with Gasteiger partial charge in [-0.2, -0.15) is 0 Å². The largest absolute Gasteiger partial charge is 0.356 e. The van der Waals surface area contributed by atoms with Gasteiger partial charge in [0.2, 0.25) is 11.8 Å². The van der Waals surface area contributed by atoms with E-state index in [1.807, 2.05) is 18.0 Å². The monoisotopic (exact) mass is 442 g/mol. The number of hydrogen-bond acceptors (Lipinski definition) is 2. The van der Waals surface area contributed by atoms with E-state index in [9.17, 15) is 9.59 Å². The Balaban J connectivity index is 1.37. The summed E-state index contributed by atoms with van der Waals surface area (Å²) in [5.74, 6) is 2.65. The fraction of sp³-hybridized carbons (Fsp3) is 0.857. The predicted molar refractivity (Wildman–Crippen MR) is 130 cm³/mol. The average molecular weight is 443 g/mol. The van der Waals surface area contributed by atoms with Gasteiger partial charge in [0, 0.05) is 31.0 Å². The highest BCUT2D eigenvalue weighted by molar-refractivity contribution is 5.89. The van der Waals surface area contributed by atoms with Crippen LogP contribution in [0.3, 0.4) is 0 Å². The molecule has 0 bridgehead atoms. The zero-order valence-corrected chi connectivity index (χ0v) is 21.0. The second-order valence-electron chi connectivity index (χ2n) is 11.9. The lowest BCUT2D eigenvalue weighted by molar-refractivity contribution is -0.142. The maximum absolute atomic E-state index is 13.2. The molecule has 3 aliphatic carbocycles. The van der Waals surface area contributed by atoms with Crippen LogP contribution in [0, 0.1) is 34.5 Å². The van der Waals surface area contributed by atoms with Crippen LogP contribution in [0.4, 0.5) is 0 Å². The smallest absolute Gasteiger partial charge is 0.246 e. The molecule has 4 aliphatic rings. The Morgan fingerprint density at radius 2 is 1.78 bits per heavy atom. The van der Waals surface area contributed by atoms with E-state index < -0.39 is 0 Å². The standard InChI is InChI=1S/C28H46N2O2/c1-5-6-7-8-9-10-19-29-26(32)23-13-12-21-20-11-14-24-28(3,18-16-25(31)30(24)4)22(20)15-17-27(21,23)2/h16,18,20-24H,5-15,17,19H2,1-4H3,(H,29,32)/t20-,21-,22+,23?,24?,27-,28+/m0/s1. The predicted octanol–water partition coefficient (Wildman–Crippen LogP) is 5.72. The molecule has 0 aromatic carbocycles. The van der Waals surface area contributed by atoms with Gasteiger partial charge in [-0.3, -0.25) is 9.59 Å². The highest BCUT2D eigenvalue weighted by atomic mass is 16.2. The normalized spacial score (nSPS) is 40.6. The Kier molecular flexibility index (Phi) is 7.08. The summed E-state index contributed by atoms with van der Waals surface area (Å²) in [6, 6.07) is 0.337. The van der Waals surface area contributed by atoms with Gasteiger partial charge in [-0.05, 0) is 74.2 Å². The number of hydrogen-bond donors (Lipinski definition) is 1. The van der Waals surface area contributed by atoms with E-state index >= 15 is 0 Å². The van der Waals surface area contributed by atoms with Crippen LogP contribution in [0.15, 0.2) is 12.2 Å². The number of amides is 2. The summed E-state index contributed by atoms with van der Waals surface area (Å²) in [4.78, 5) is 27.5. The number of nitrogens with one attached hydrogen (secondary N) is 1. The van der Waals surface area contributed by atoms with Crippen molar-refractivity contribution in [2.24, 2.45) is 34.5 Å². The van der Waals surface area contributed by atoms with Gasteiger partial charge < -0.3 is 10.2 Å². The summed E-state index contributed by atoms with van der Waals surface area (Å²) in [5, 5.41) is 3.31. The lowest BCUT2D eigenvalue weighted by Gasteiger charge is -2.60. The van der Waals surface area contributed by atoms with Crippen LogP contribution in [0.5, 0.6) is 0 Å². The summed E-state index contributed by atoms with van der Waals surface area (Å²) in [7, 11) is 1.99. The first kappa shape index (κ1) is 23.8. The molecule has 0 aromatic rings. The maximum atomic E-state index is 13.2. The number of fused-ring (bicyclic) bond motifs is 5. The average Bonchev–Trinajstić information content (AvgIpc) is 3.13. The molecule has 3 fully saturated rings. The number of likely N-dealkylation sites (N-methyl/N-ethyl adjacent to an activating group) is 1. The molecule has 1 aliphatic heterocycles. The molecule has 0 radical (unpaired) electrons. The molecule has 0 aromatic heterocycles. The zero-order valence-electron chi connectivity index (χ0n) is 21.0. The van der Waals surface area contributed by atoms with E-state index in [2.05, 4.69) is 32.2 Å². The first-order valence-electron chi connectivity index (χ1n) is 13.6. The zero-order chi connectivity index (χ0) is 22.9. The number of rotatable bonds is 8. The third kappa shape index (κ3) is 4.05. The van der Waals surface area contributed by atoms with Crippen molar-refractivity contribution in [1.29, 1.82) is 0 Å². The molecule has 0 saturated heterocycles. The number of carbonyl (C=O) groups is 2. The molecule has 2 unspecified atom stereocenters. The Hall–Kier alpha value is -1.32. The molecular weight excluding hydrogens is 396 g/mol. The fourth-order valence-electron chi connectivity index (χ4n) is 8.41. The Morgan fingerprint density at radius 3 is 2.56 bits per heavy atom. The lowest BCUT2D eigenvalue weighted by atomic mass is 9.47. The van der Waals surface area contributed by atoms with E-state index in [1.165, 1.54) is 51.4 Å². The second kappa shape index (κ2) is 9.50. The van der Waals surface area contributed by atoms with Crippen molar-refractivity contribution < 1.29 is 9.59 Å². The molecule has 1 N–H and O–H groups in total. The van der Waals surface area contributed by atoms with Crippen LogP contribution in [-0.2, 0) is 9.59 Å². The lowest BCUT2D eigenvalue weighted by Crippen LogP contribution is -2.59. The molecule has 180 valence electrons. The third-order valence-corrected chi connectivity index (χ3v) is 10.3. The first-order valence-corrected chi connectivity index (χ1v) is 13.6. The minimum absolute atomic E-state index is 0.0883. The molecule has 1 heterocycles. The van der Waals surface area contributed by atoms with E-state index in [0.29, 0.717) is 29.7 Å². The minimum Gasteiger partial charge on any atom is -0.356 e. The van der Waals surface area contributed by atoms with Crippen LogP contribution in [0.25, 0.3) is 0 Å². The van der Waals surface area contributed by atoms with Crippen molar-refractivity contribution in [3.8, 4) is 0 Å². The molecule has 4 nitrogen and oxygen atoms in total. The Bertz CT molecular complexity index is 733. The van der Waals surface area contributed by atoms with Gasteiger partial charge in [-0.15, -0.1) is 0 Å². The van der Waals surface area contributed by atoms with Crippen molar-refractivity contribution in [1.82, 2.24) is 10.2 Å². The van der Waals surface area contributed by atoms with Crippen molar-refractivity contribution in [2.45, 2.75) is 104 Å². The van der Waals surface area contributed by atoms with Crippen molar-refractivity contribution in [2.75, 3.05) is 13.6 Å². The van der Waals surface area contributed by atoms with E-state index in [4.69, 9.17) is 0 Å².